The number of nitrogens with one attached hydrogen (secondary N) is 1. The van der Waals surface area contributed by atoms with Crippen LogP contribution in [-0.4, -0.2) is 54.0 Å². The molecule has 1 saturated heterocycles. The number of anilines is 2. The molecule has 2 heterocycles. The van der Waals surface area contributed by atoms with Gasteiger partial charge in [0.15, 0.2) is 0 Å². The maximum atomic E-state index is 11.0. The highest BCUT2D eigenvalue weighted by Crippen LogP contribution is 2.23. The number of amides is 1. The molecule has 1 fully saturated rings. The van der Waals surface area contributed by atoms with E-state index in [2.05, 4.69) is 46.6 Å². The quantitative estimate of drug-likeness (QED) is 0.632. The van der Waals surface area contributed by atoms with Gasteiger partial charge in [0.2, 0.25) is 12.4 Å². The third-order valence-corrected chi connectivity index (χ3v) is 5.09. The number of aromatic nitrogens is 2. The average Bonchev–Trinajstić information content (AvgIpc) is 2.80. The highest BCUT2D eigenvalue weighted by atomic mass is 16.1. The van der Waals surface area contributed by atoms with Crippen molar-refractivity contribution in [3.05, 3.63) is 72.3 Å². The molecule has 4 rings (SSSR count). The molecular weight excluding hydrogens is 362 g/mol. The van der Waals surface area contributed by atoms with Gasteiger partial charge >= 0.3 is 0 Å². The summed E-state index contributed by atoms with van der Waals surface area (Å²) in [5, 5.41) is 3.46. The van der Waals surface area contributed by atoms with Gasteiger partial charge in [0.25, 0.3) is 0 Å². The first kappa shape index (κ1) is 18.9. The molecule has 6 heteroatoms. The van der Waals surface area contributed by atoms with E-state index in [4.69, 9.17) is 9.97 Å². The van der Waals surface area contributed by atoms with Crippen molar-refractivity contribution in [2.45, 2.75) is 6.42 Å². The van der Waals surface area contributed by atoms with Crippen LogP contribution in [0.15, 0.2) is 66.7 Å². The van der Waals surface area contributed by atoms with Crippen molar-refractivity contribution >= 4 is 18.2 Å². The molecule has 1 N–H and O–H groups in total. The van der Waals surface area contributed by atoms with Gasteiger partial charge < -0.3 is 15.1 Å². The average molecular weight is 387 g/mol. The minimum absolute atomic E-state index is 0.694. The van der Waals surface area contributed by atoms with Crippen LogP contribution < -0.4 is 10.2 Å². The minimum Gasteiger partial charge on any atom is -0.370 e. The fourth-order valence-corrected chi connectivity index (χ4v) is 3.43. The van der Waals surface area contributed by atoms with Gasteiger partial charge in [-0.3, -0.25) is 4.79 Å². The summed E-state index contributed by atoms with van der Waals surface area (Å²) in [6.45, 7) is 3.66. The number of hydrogen-bond acceptors (Lipinski definition) is 5. The zero-order valence-corrected chi connectivity index (χ0v) is 16.4. The van der Waals surface area contributed by atoms with Crippen LogP contribution in [-0.2, 0) is 11.2 Å². The Labute approximate surface area is 171 Å². The first-order valence-electron chi connectivity index (χ1n) is 9.98. The van der Waals surface area contributed by atoms with Crippen molar-refractivity contribution in [2.75, 3.05) is 42.9 Å². The summed E-state index contributed by atoms with van der Waals surface area (Å²) < 4.78 is 0. The topological polar surface area (TPSA) is 61.4 Å². The van der Waals surface area contributed by atoms with Crippen LogP contribution in [0, 0.1) is 0 Å². The van der Waals surface area contributed by atoms with Gasteiger partial charge in [-0.1, -0.05) is 60.7 Å². The second-order valence-corrected chi connectivity index (χ2v) is 7.10. The smallest absolute Gasteiger partial charge is 0.227 e. The molecule has 1 aliphatic heterocycles. The number of nitrogens with zero attached hydrogens (tertiary/aromatic N) is 4. The highest BCUT2D eigenvalue weighted by molar-refractivity contribution is 5.64. The molecular formula is C23H25N5O. The van der Waals surface area contributed by atoms with Crippen LogP contribution in [0.3, 0.4) is 0 Å². The van der Waals surface area contributed by atoms with E-state index >= 15 is 0 Å². The molecule has 6 nitrogen and oxygen atoms in total. The van der Waals surface area contributed by atoms with E-state index in [1.165, 1.54) is 5.56 Å². The summed E-state index contributed by atoms with van der Waals surface area (Å²) in [5.41, 5.74) is 3.26. The number of piperazine rings is 1. The maximum Gasteiger partial charge on any atom is 0.227 e. The third kappa shape index (κ3) is 4.90. The van der Waals surface area contributed by atoms with Crippen LogP contribution in [0.2, 0.25) is 0 Å². The largest absolute Gasteiger partial charge is 0.370 e. The monoisotopic (exact) mass is 387 g/mol. The molecule has 1 aromatic heterocycles. The van der Waals surface area contributed by atoms with E-state index in [0.717, 1.165) is 49.5 Å². The van der Waals surface area contributed by atoms with Gasteiger partial charge in [0.1, 0.15) is 5.82 Å². The first-order valence-corrected chi connectivity index (χ1v) is 9.98. The zero-order chi connectivity index (χ0) is 19.9. The standard InChI is InChI=1S/C23H25N5O/c29-18-27-13-15-28(16-14-27)23-25-21(20-9-5-2-6-10-20)17-22(26-23)24-12-11-19-7-3-1-4-8-19/h1-10,17-18H,11-16H2,(H,24,25,26). The Bertz CT molecular complexity index is 925. The molecule has 0 spiro atoms. The van der Waals surface area contributed by atoms with E-state index in [1.54, 1.807) is 4.90 Å². The summed E-state index contributed by atoms with van der Waals surface area (Å²) in [6.07, 6.45) is 1.84. The van der Waals surface area contributed by atoms with Crippen LogP contribution >= 0.6 is 0 Å². The van der Waals surface area contributed by atoms with Gasteiger partial charge in [-0.15, -0.1) is 0 Å². The molecule has 3 aromatic rings. The Morgan fingerprint density at radius 2 is 1.59 bits per heavy atom. The fourth-order valence-electron chi connectivity index (χ4n) is 3.43. The van der Waals surface area contributed by atoms with E-state index < -0.39 is 0 Å². The van der Waals surface area contributed by atoms with Gasteiger partial charge in [0.05, 0.1) is 5.69 Å². The number of carbonyl (C=O) groups excluding carboxylic acids is 1. The predicted octanol–water partition coefficient (Wildman–Crippen LogP) is 3.08. The lowest BCUT2D eigenvalue weighted by atomic mass is 10.1. The normalized spacial score (nSPS) is 13.9. The van der Waals surface area contributed by atoms with Crippen LogP contribution in [0.25, 0.3) is 11.3 Å². The lowest BCUT2D eigenvalue weighted by Gasteiger charge is -2.32. The molecule has 0 radical (unpaired) electrons. The van der Waals surface area contributed by atoms with Crippen molar-refractivity contribution in [2.24, 2.45) is 0 Å². The SMILES string of the molecule is O=CN1CCN(c2nc(NCCc3ccccc3)cc(-c3ccccc3)n2)CC1. The van der Waals surface area contributed by atoms with Crippen LogP contribution in [0.5, 0.6) is 0 Å². The van der Waals surface area contributed by atoms with E-state index in [0.29, 0.717) is 19.0 Å². The van der Waals surface area contributed by atoms with Gasteiger partial charge in [-0.05, 0) is 12.0 Å². The Kier molecular flexibility index (Phi) is 6.00. The van der Waals surface area contributed by atoms with Crippen molar-refractivity contribution in [3.8, 4) is 11.3 Å². The van der Waals surface area contributed by atoms with Crippen LogP contribution in [0.1, 0.15) is 5.56 Å². The van der Waals surface area contributed by atoms with Gasteiger partial charge in [-0.25, -0.2) is 4.98 Å². The molecule has 0 bridgehead atoms. The fraction of sp³-hybridized carbons (Fsp3) is 0.261. The Morgan fingerprint density at radius 3 is 2.28 bits per heavy atom. The first-order chi connectivity index (χ1) is 14.3. The molecule has 0 aliphatic carbocycles. The molecule has 1 amide bonds. The Balaban J connectivity index is 1.54. The lowest BCUT2D eigenvalue weighted by molar-refractivity contribution is -0.118. The summed E-state index contributed by atoms with van der Waals surface area (Å²) in [6, 6.07) is 22.6. The summed E-state index contributed by atoms with van der Waals surface area (Å²) in [5.74, 6) is 1.53. The zero-order valence-electron chi connectivity index (χ0n) is 16.4. The second-order valence-electron chi connectivity index (χ2n) is 7.10. The number of carbonyl (C=O) groups is 1. The van der Waals surface area contributed by atoms with Crippen molar-refractivity contribution in [1.29, 1.82) is 0 Å². The lowest BCUT2D eigenvalue weighted by Crippen LogP contribution is -2.46. The summed E-state index contributed by atoms with van der Waals surface area (Å²) in [7, 11) is 0. The number of benzene rings is 2. The predicted molar refractivity (Wildman–Crippen MR) is 116 cm³/mol. The summed E-state index contributed by atoms with van der Waals surface area (Å²) in [4.78, 5) is 24.5. The van der Waals surface area contributed by atoms with E-state index in [1.807, 2.05) is 30.3 Å². The number of rotatable bonds is 7. The number of hydrogen-bond donors (Lipinski definition) is 1. The molecule has 0 unspecified atom stereocenters. The molecule has 0 saturated carbocycles. The minimum atomic E-state index is 0.694. The molecule has 2 aromatic carbocycles. The second kappa shape index (κ2) is 9.19. The van der Waals surface area contributed by atoms with Crippen molar-refractivity contribution < 1.29 is 4.79 Å². The van der Waals surface area contributed by atoms with E-state index in [-0.39, 0.29) is 0 Å². The van der Waals surface area contributed by atoms with Crippen molar-refractivity contribution in [1.82, 2.24) is 14.9 Å². The third-order valence-electron chi connectivity index (χ3n) is 5.09. The van der Waals surface area contributed by atoms with E-state index in [9.17, 15) is 4.79 Å². The van der Waals surface area contributed by atoms with Gasteiger partial charge in [-0.2, -0.15) is 4.98 Å². The Morgan fingerprint density at radius 1 is 0.897 bits per heavy atom. The molecule has 29 heavy (non-hydrogen) atoms. The molecule has 1 aliphatic rings. The van der Waals surface area contributed by atoms with Gasteiger partial charge in [0, 0.05) is 44.4 Å². The molecule has 148 valence electrons. The highest BCUT2D eigenvalue weighted by Gasteiger charge is 2.19. The maximum absolute atomic E-state index is 11.0. The molecule has 0 atom stereocenters. The Hall–Kier alpha value is -3.41. The van der Waals surface area contributed by atoms with Crippen molar-refractivity contribution in [3.63, 3.8) is 0 Å². The summed E-state index contributed by atoms with van der Waals surface area (Å²) >= 11 is 0. The van der Waals surface area contributed by atoms with Crippen LogP contribution in [0.4, 0.5) is 11.8 Å².